The van der Waals surface area contributed by atoms with Gasteiger partial charge >= 0.3 is 0 Å². The van der Waals surface area contributed by atoms with Crippen molar-refractivity contribution in [3.8, 4) is 0 Å². The zero-order valence-corrected chi connectivity index (χ0v) is 18.0. The third-order valence-electron chi connectivity index (χ3n) is 4.53. The second kappa shape index (κ2) is 9.28. The molecule has 0 fully saturated rings. The molecule has 0 aliphatic carbocycles. The zero-order chi connectivity index (χ0) is 20.9. The van der Waals surface area contributed by atoms with Gasteiger partial charge in [-0.15, -0.1) is 10.2 Å². The van der Waals surface area contributed by atoms with E-state index in [-0.39, 0.29) is 5.91 Å². The fourth-order valence-electron chi connectivity index (χ4n) is 2.93. The number of nitrogens with one attached hydrogen (secondary N) is 1. The molecule has 4 aromatic rings. The predicted octanol–water partition coefficient (Wildman–Crippen LogP) is 4.35. The summed E-state index contributed by atoms with van der Waals surface area (Å²) in [6.45, 7) is 2.45. The molecule has 0 aliphatic heterocycles. The van der Waals surface area contributed by atoms with E-state index in [1.54, 1.807) is 16.3 Å². The second-order valence-electron chi connectivity index (χ2n) is 6.85. The number of nitrogens with zero attached hydrogens (tertiary/aromatic N) is 4. The Labute approximate surface area is 183 Å². The lowest BCUT2D eigenvalue weighted by Crippen LogP contribution is -2.26. The molecule has 0 radical (unpaired) electrons. The summed E-state index contributed by atoms with van der Waals surface area (Å²) in [5, 5.41) is 17.6. The molecule has 0 bridgehead atoms. The first kappa shape index (κ1) is 20.4. The molecular weight excluding hydrogens is 418 g/mol. The third-order valence-corrected chi connectivity index (χ3v) is 5.75. The van der Waals surface area contributed by atoms with E-state index in [1.807, 2.05) is 67.6 Å². The monoisotopic (exact) mass is 437 g/mol. The van der Waals surface area contributed by atoms with Gasteiger partial charge in [-0.25, -0.2) is 0 Å². The van der Waals surface area contributed by atoms with Gasteiger partial charge in [0.2, 0.25) is 0 Å². The number of amides is 1. The highest BCUT2D eigenvalue weighted by Gasteiger charge is 2.10. The summed E-state index contributed by atoms with van der Waals surface area (Å²) in [6.07, 6.45) is 0.536. The van der Waals surface area contributed by atoms with Crippen molar-refractivity contribution in [2.45, 2.75) is 24.1 Å². The number of benzene rings is 2. The fraction of sp³-hybridized carbons (Fsp3) is 0.182. The van der Waals surface area contributed by atoms with Crippen LogP contribution in [0.3, 0.4) is 0 Å². The maximum absolute atomic E-state index is 12.3. The first-order valence-electron chi connectivity index (χ1n) is 9.52. The summed E-state index contributed by atoms with van der Waals surface area (Å²) in [5.41, 5.74) is 3.58. The molecule has 0 aliphatic rings. The predicted molar refractivity (Wildman–Crippen MR) is 119 cm³/mol. The van der Waals surface area contributed by atoms with E-state index in [4.69, 9.17) is 11.6 Å². The molecule has 0 atom stereocenters. The van der Waals surface area contributed by atoms with Crippen LogP contribution in [-0.2, 0) is 12.2 Å². The molecule has 2 aromatic carbocycles. The summed E-state index contributed by atoms with van der Waals surface area (Å²) in [7, 11) is 0. The van der Waals surface area contributed by atoms with Gasteiger partial charge in [0.1, 0.15) is 5.03 Å². The molecule has 1 N–H and O–H groups in total. The highest BCUT2D eigenvalue weighted by molar-refractivity contribution is 7.98. The lowest BCUT2D eigenvalue weighted by Gasteiger charge is -2.06. The number of thioether (sulfide) groups is 1. The maximum Gasteiger partial charge on any atom is 0.251 e. The molecule has 2 heterocycles. The number of carbonyl (C=O) groups is 1. The largest absolute Gasteiger partial charge is 0.352 e. The van der Waals surface area contributed by atoms with Gasteiger partial charge in [-0.2, -0.15) is 9.61 Å². The topological polar surface area (TPSA) is 72.2 Å². The summed E-state index contributed by atoms with van der Waals surface area (Å²) in [4.78, 5) is 12.3. The molecule has 30 heavy (non-hydrogen) atoms. The van der Waals surface area contributed by atoms with E-state index >= 15 is 0 Å². The molecule has 2 aromatic heterocycles. The van der Waals surface area contributed by atoms with Gasteiger partial charge < -0.3 is 5.32 Å². The molecule has 0 spiro atoms. The van der Waals surface area contributed by atoms with Crippen molar-refractivity contribution in [2.75, 3.05) is 6.54 Å². The van der Waals surface area contributed by atoms with Crippen molar-refractivity contribution < 1.29 is 4.79 Å². The van der Waals surface area contributed by atoms with Gasteiger partial charge in [0.15, 0.2) is 11.5 Å². The number of aromatic nitrogens is 4. The highest BCUT2D eigenvalue weighted by atomic mass is 35.5. The van der Waals surface area contributed by atoms with E-state index in [2.05, 4.69) is 20.6 Å². The molecule has 8 heteroatoms. The molecule has 1 amide bonds. The first-order valence-corrected chi connectivity index (χ1v) is 10.9. The van der Waals surface area contributed by atoms with E-state index in [1.165, 1.54) is 0 Å². The number of hydrogen-bond donors (Lipinski definition) is 1. The first-order chi connectivity index (χ1) is 14.6. The number of carbonyl (C=O) groups excluding carboxylic acids is 1. The number of rotatable bonds is 7. The van der Waals surface area contributed by atoms with Gasteiger partial charge in [0.05, 0.1) is 0 Å². The Hall–Kier alpha value is -2.90. The van der Waals surface area contributed by atoms with Gasteiger partial charge in [-0.1, -0.05) is 53.2 Å². The molecule has 0 saturated carbocycles. The van der Waals surface area contributed by atoms with Gasteiger partial charge in [-0.3, -0.25) is 4.79 Å². The Morgan fingerprint density at radius 2 is 1.93 bits per heavy atom. The van der Waals surface area contributed by atoms with Crippen LogP contribution in [0, 0.1) is 6.92 Å². The van der Waals surface area contributed by atoms with E-state index in [0.29, 0.717) is 30.0 Å². The number of hydrogen-bond acceptors (Lipinski definition) is 5. The molecule has 4 rings (SSSR count). The summed E-state index contributed by atoms with van der Waals surface area (Å²) in [6, 6.07) is 19.1. The zero-order valence-electron chi connectivity index (χ0n) is 16.4. The van der Waals surface area contributed by atoms with E-state index in [0.717, 1.165) is 26.9 Å². The molecular formula is C22H20ClN5OS. The van der Waals surface area contributed by atoms with Crippen LogP contribution in [0.4, 0.5) is 0 Å². The van der Waals surface area contributed by atoms with E-state index < -0.39 is 0 Å². The second-order valence-corrected chi connectivity index (χ2v) is 8.28. The lowest BCUT2D eigenvalue weighted by molar-refractivity contribution is 0.0954. The standard InChI is InChI=1S/C22H20ClN5OS/c1-15-5-7-17(8-6-15)22(29)24-12-11-20-26-25-19-9-10-21(27-28(19)20)30-14-16-3-2-4-18(23)13-16/h2-10,13H,11-12,14H2,1H3,(H,24,29). The average Bonchev–Trinajstić information content (AvgIpc) is 3.15. The summed E-state index contributed by atoms with van der Waals surface area (Å²) < 4.78 is 1.73. The molecule has 0 saturated heterocycles. The van der Waals surface area contributed by atoms with Crippen molar-refractivity contribution in [2.24, 2.45) is 0 Å². The smallest absolute Gasteiger partial charge is 0.251 e. The minimum absolute atomic E-state index is 0.102. The summed E-state index contributed by atoms with van der Waals surface area (Å²) >= 11 is 7.67. The third kappa shape index (κ3) is 4.98. The van der Waals surface area contributed by atoms with Crippen molar-refractivity contribution >= 4 is 34.9 Å². The number of fused-ring (bicyclic) bond motifs is 1. The van der Waals surface area contributed by atoms with Crippen LogP contribution < -0.4 is 5.32 Å². The average molecular weight is 438 g/mol. The van der Waals surface area contributed by atoms with Crippen LogP contribution in [0.1, 0.15) is 27.3 Å². The summed E-state index contributed by atoms with van der Waals surface area (Å²) in [5.74, 6) is 1.37. The van der Waals surface area contributed by atoms with Crippen molar-refractivity contribution in [1.82, 2.24) is 25.1 Å². The minimum Gasteiger partial charge on any atom is -0.352 e. The van der Waals surface area contributed by atoms with Crippen LogP contribution in [-0.4, -0.2) is 32.3 Å². The van der Waals surface area contributed by atoms with Crippen LogP contribution in [0.2, 0.25) is 5.02 Å². The van der Waals surface area contributed by atoms with Gasteiger partial charge in [0.25, 0.3) is 5.91 Å². The SMILES string of the molecule is Cc1ccc(C(=O)NCCc2nnc3ccc(SCc4cccc(Cl)c4)nn23)cc1. The maximum atomic E-state index is 12.3. The van der Waals surface area contributed by atoms with Gasteiger partial charge in [0, 0.05) is 29.3 Å². The Balaban J connectivity index is 1.38. The fourth-order valence-corrected chi connectivity index (χ4v) is 3.94. The van der Waals surface area contributed by atoms with Gasteiger partial charge in [-0.05, 0) is 48.9 Å². The number of halogens is 1. The molecule has 0 unspecified atom stereocenters. The minimum atomic E-state index is -0.102. The molecule has 6 nitrogen and oxygen atoms in total. The number of aryl methyl sites for hydroxylation is 1. The van der Waals surface area contributed by atoms with Crippen LogP contribution in [0.5, 0.6) is 0 Å². The Bertz CT molecular complexity index is 1180. The Kier molecular flexibility index (Phi) is 6.30. The normalized spacial score (nSPS) is 11.0. The van der Waals surface area contributed by atoms with Crippen molar-refractivity contribution in [3.05, 3.63) is 88.2 Å². The van der Waals surface area contributed by atoms with Crippen molar-refractivity contribution in [3.63, 3.8) is 0 Å². The lowest BCUT2D eigenvalue weighted by atomic mass is 10.1. The Morgan fingerprint density at radius 3 is 2.73 bits per heavy atom. The van der Waals surface area contributed by atoms with E-state index in [9.17, 15) is 4.79 Å². The van der Waals surface area contributed by atoms with Crippen LogP contribution in [0.15, 0.2) is 65.7 Å². The molecule has 152 valence electrons. The quantitative estimate of drug-likeness (QED) is 0.435. The van der Waals surface area contributed by atoms with Crippen LogP contribution in [0.25, 0.3) is 5.65 Å². The van der Waals surface area contributed by atoms with Crippen LogP contribution >= 0.6 is 23.4 Å². The van der Waals surface area contributed by atoms with Crippen molar-refractivity contribution in [1.29, 1.82) is 0 Å². The highest BCUT2D eigenvalue weighted by Crippen LogP contribution is 2.22. The Morgan fingerprint density at radius 1 is 1.10 bits per heavy atom.